The zero-order valence-electron chi connectivity index (χ0n) is 15.9. The Hall–Kier alpha value is -4.19. The smallest absolute Gasteiger partial charge is 0.349 e. The van der Waals surface area contributed by atoms with Crippen LogP contribution < -0.4 is 16.1 Å². The molecule has 3 aromatic carbocycles. The zero-order chi connectivity index (χ0) is 20.5. The highest BCUT2D eigenvalue weighted by molar-refractivity contribution is 6.05. The second kappa shape index (κ2) is 7.33. The van der Waals surface area contributed by atoms with E-state index >= 15 is 0 Å². The third-order valence-corrected chi connectivity index (χ3v) is 4.83. The van der Waals surface area contributed by atoms with E-state index in [1.807, 2.05) is 72.8 Å². The standard InChI is InChI=1S/C24H17N3O3/c25-22-20-21(26-23(27-22)16-9-5-2-6-10-16)18-12-11-17(13-19(18)30-24(20)28)29-14-15-7-3-1-4-8-15/h1-13H,14H2,(H2,25,26,27). The Morgan fingerprint density at radius 2 is 1.63 bits per heavy atom. The van der Waals surface area contributed by atoms with Crippen molar-refractivity contribution in [1.82, 2.24) is 9.97 Å². The molecule has 0 amide bonds. The van der Waals surface area contributed by atoms with Crippen LogP contribution in [0.25, 0.3) is 33.3 Å². The molecule has 0 aliphatic carbocycles. The first-order valence-corrected chi connectivity index (χ1v) is 9.45. The Bertz CT molecular complexity index is 1410. The van der Waals surface area contributed by atoms with Gasteiger partial charge in [-0.2, -0.15) is 0 Å². The van der Waals surface area contributed by atoms with E-state index in [0.717, 1.165) is 11.1 Å². The van der Waals surface area contributed by atoms with Crippen molar-refractivity contribution in [2.45, 2.75) is 6.61 Å². The van der Waals surface area contributed by atoms with E-state index in [4.69, 9.17) is 14.9 Å². The van der Waals surface area contributed by atoms with Crippen molar-refractivity contribution in [3.8, 4) is 17.1 Å². The second-order valence-corrected chi connectivity index (χ2v) is 6.84. The summed E-state index contributed by atoms with van der Waals surface area (Å²) in [5.41, 5.74) is 8.22. The highest BCUT2D eigenvalue weighted by atomic mass is 16.5. The van der Waals surface area contributed by atoms with E-state index in [-0.39, 0.29) is 11.2 Å². The van der Waals surface area contributed by atoms with Gasteiger partial charge < -0.3 is 14.9 Å². The average Bonchev–Trinajstić information content (AvgIpc) is 2.78. The molecule has 0 saturated carbocycles. The minimum Gasteiger partial charge on any atom is -0.489 e. The fourth-order valence-corrected chi connectivity index (χ4v) is 3.35. The van der Waals surface area contributed by atoms with Gasteiger partial charge in [0.1, 0.15) is 29.1 Å². The molecule has 0 fully saturated rings. The van der Waals surface area contributed by atoms with E-state index in [1.54, 1.807) is 6.07 Å². The Morgan fingerprint density at radius 3 is 2.40 bits per heavy atom. The van der Waals surface area contributed by atoms with Crippen molar-refractivity contribution >= 4 is 27.7 Å². The molecule has 2 N–H and O–H groups in total. The molecular formula is C24H17N3O3. The van der Waals surface area contributed by atoms with Crippen LogP contribution in [0.15, 0.2) is 88.1 Å². The van der Waals surface area contributed by atoms with Crippen LogP contribution >= 0.6 is 0 Å². The maximum absolute atomic E-state index is 12.6. The maximum atomic E-state index is 12.6. The summed E-state index contributed by atoms with van der Waals surface area (Å²) < 4.78 is 11.3. The van der Waals surface area contributed by atoms with Crippen molar-refractivity contribution in [3.63, 3.8) is 0 Å². The highest BCUT2D eigenvalue weighted by Crippen LogP contribution is 2.29. The minimum atomic E-state index is -0.574. The molecule has 0 unspecified atom stereocenters. The molecule has 6 nitrogen and oxygen atoms in total. The summed E-state index contributed by atoms with van der Waals surface area (Å²) in [5, 5.41) is 0.850. The number of aromatic nitrogens is 2. The van der Waals surface area contributed by atoms with Crippen LogP contribution in [0, 0.1) is 0 Å². The average molecular weight is 395 g/mol. The Kier molecular flexibility index (Phi) is 4.37. The lowest BCUT2D eigenvalue weighted by molar-refractivity contribution is 0.306. The lowest BCUT2D eigenvalue weighted by atomic mass is 10.1. The normalized spacial score (nSPS) is 11.1. The van der Waals surface area contributed by atoms with Crippen LogP contribution in [0.2, 0.25) is 0 Å². The molecule has 2 aromatic heterocycles. The molecule has 5 aromatic rings. The predicted octanol–water partition coefficient (Wildman–Crippen LogP) is 4.56. The molecule has 5 rings (SSSR count). The van der Waals surface area contributed by atoms with E-state index in [1.165, 1.54) is 0 Å². The lowest BCUT2D eigenvalue weighted by Gasteiger charge is -2.09. The van der Waals surface area contributed by atoms with Gasteiger partial charge in [-0.15, -0.1) is 0 Å². The molecule has 0 aliphatic rings. The van der Waals surface area contributed by atoms with Crippen molar-refractivity contribution < 1.29 is 9.15 Å². The van der Waals surface area contributed by atoms with Gasteiger partial charge in [0.15, 0.2) is 5.82 Å². The third kappa shape index (κ3) is 3.24. The van der Waals surface area contributed by atoms with Gasteiger partial charge in [-0.1, -0.05) is 60.7 Å². The fourth-order valence-electron chi connectivity index (χ4n) is 3.35. The highest BCUT2D eigenvalue weighted by Gasteiger charge is 2.16. The summed E-state index contributed by atoms with van der Waals surface area (Å²) in [6.07, 6.45) is 0. The Labute approximate surface area is 171 Å². The van der Waals surface area contributed by atoms with Gasteiger partial charge >= 0.3 is 5.63 Å². The van der Waals surface area contributed by atoms with Crippen LogP contribution in [-0.4, -0.2) is 9.97 Å². The molecule has 0 spiro atoms. The van der Waals surface area contributed by atoms with Gasteiger partial charge in [-0.3, -0.25) is 0 Å². The number of rotatable bonds is 4. The van der Waals surface area contributed by atoms with Crippen molar-refractivity contribution in [2.75, 3.05) is 5.73 Å². The molecule has 146 valence electrons. The summed E-state index contributed by atoms with van der Waals surface area (Å²) in [4.78, 5) is 21.5. The first-order chi connectivity index (χ1) is 14.7. The summed E-state index contributed by atoms with van der Waals surface area (Å²) in [6, 6.07) is 24.7. The number of nitrogen functional groups attached to an aromatic ring is 1. The van der Waals surface area contributed by atoms with E-state index in [9.17, 15) is 4.79 Å². The summed E-state index contributed by atoms with van der Waals surface area (Å²) in [5.74, 6) is 1.15. The zero-order valence-corrected chi connectivity index (χ0v) is 15.9. The van der Waals surface area contributed by atoms with Crippen molar-refractivity contribution in [2.24, 2.45) is 0 Å². The van der Waals surface area contributed by atoms with Gasteiger partial charge in [0.2, 0.25) is 0 Å². The number of hydrogen-bond donors (Lipinski definition) is 1. The third-order valence-electron chi connectivity index (χ3n) is 4.83. The van der Waals surface area contributed by atoms with Crippen molar-refractivity contribution in [3.05, 3.63) is 94.8 Å². The molecule has 6 heteroatoms. The number of ether oxygens (including phenoxy) is 1. The van der Waals surface area contributed by atoms with Gasteiger partial charge in [0, 0.05) is 17.0 Å². The Morgan fingerprint density at radius 1 is 0.900 bits per heavy atom. The molecule has 0 saturated heterocycles. The summed E-state index contributed by atoms with van der Waals surface area (Å²) >= 11 is 0. The van der Waals surface area contributed by atoms with Crippen molar-refractivity contribution in [1.29, 1.82) is 0 Å². The van der Waals surface area contributed by atoms with Crippen LogP contribution in [0.3, 0.4) is 0 Å². The predicted molar refractivity (Wildman–Crippen MR) is 116 cm³/mol. The van der Waals surface area contributed by atoms with E-state index in [2.05, 4.69) is 9.97 Å². The quantitative estimate of drug-likeness (QED) is 0.354. The SMILES string of the molecule is Nc1nc(-c2ccccc2)nc2c1c(=O)oc1cc(OCc3ccccc3)ccc12. The van der Waals surface area contributed by atoms with Gasteiger partial charge in [0.05, 0.1) is 5.52 Å². The van der Waals surface area contributed by atoms with Gasteiger partial charge in [0.25, 0.3) is 0 Å². The lowest BCUT2D eigenvalue weighted by Crippen LogP contribution is -2.08. The number of nitrogens with two attached hydrogens (primary N) is 1. The largest absolute Gasteiger partial charge is 0.489 e. The first kappa shape index (κ1) is 17.9. The van der Waals surface area contributed by atoms with Crippen LogP contribution in [0.4, 0.5) is 5.82 Å². The second-order valence-electron chi connectivity index (χ2n) is 6.84. The molecule has 0 bridgehead atoms. The summed E-state index contributed by atoms with van der Waals surface area (Å²) in [6.45, 7) is 0.414. The first-order valence-electron chi connectivity index (χ1n) is 9.45. The monoisotopic (exact) mass is 395 g/mol. The van der Waals surface area contributed by atoms with Gasteiger partial charge in [-0.05, 0) is 17.7 Å². The molecule has 0 radical (unpaired) electrons. The number of hydrogen-bond acceptors (Lipinski definition) is 6. The van der Waals surface area contributed by atoms with E-state index in [0.29, 0.717) is 34.7 Å². The van der Waals surface area contributed by atoms with Crippen LogP contribution in [0.5, 0.6) is 5.75 Å². The number of fused-ring (bicyclic) bond motifs is 3. The number of nitrogens with zero attached hydrogens (tertiary/aromatic N) is 2. The van der Waals surface area contributed by atoms with Crippen LogP contribution in [-0.2, 0) is 6.61 Å². The van der Waals surface area contributed by atoms with E-state index < -0.39 is 5.63 Å². The summed E-state index contributed by atoms with van der Waals surface area (Å²) in [7, 11) is 0. The molecule has 0 atom stereocenters. The Balaban J connectivity index is 1.61. The molecule has 30 heavy (non-hydrogen) atoms. The minimum absolute atomic E-state index is 0.0962. The van der Waals surface area contributed by atoms with Crippen LogP contribution in [0.1, 0.15) is 5.56 Å². The fraction of sp³-hybridized carbons (Fsp3) is 0.0417. The topological polar surface area (TPSA) is 91.2 Å². The molecule has 0 aliphatic heterocycles. The number of anilines is 1. The molecular weight excluding hydrogens is 378 g/mol. The molecule has 2 heterocycles. The maximum Gasteiger partial charge on any atom is 0.349 e. The van der Waals surface area contributed by atoms with Gasteiger partial charge in [-0.25, -0.2) is 14.8 Å². The number of benzene rings is 3.